The zero-order valence-corrected chi connectivity index (χ0v) is 7.81. The first-order chi connectivity index (χ1) is 5.27. The van der Waals surface area contributed by atoms with Crippen molar-refractivity contribution < 1.29 is 0 Å². The predicted molar refractivity (Wildman–Crippen MR) is 51.3 cm³/mol. The van der Waals surface area contributed by atoms with E-state index in [0.29, 0.717) is 0 Å². The van der Waals surface area contributed by atoms with Crippen LogP contribution in [0.5, 0.6) is 0 Å². The van der Waals surface area contributed by atoms with Crippen molar-refractivity contribution in [2.24, 2.45) is 5.73 Å². The summed E-state index contributed by atoms with van der Waals surface area (Å²) in [6.07, 6.45) is 9.17. The lowest BCUT2D eigenvalue weighted by molar-refractivity contribution is 0.569. The molecule has 0 spiro atoms. The van der Waals surface area contributed by atoms with Crippen molar-refractivity contribution in [3.8, 4) is 0 Å². The lowest BCUT2D eigenvalue weighted by atomic mass is 10.1. The van der Waals surface area contributed by atoms with E-state index in [1.54, 1.807) is 0 Å². The first-order valence-electron chi connectivity index (χ1n) is 4.86. The molecule has 0 rings (SSSR count). The first kappa shape index (κ1) is 11.0. The Morgan fingerprint density at radius 3 is 2.18 bits per heavy atom. The van der Waals surface area contributed by atoms with Crippen molar-refractivity contribution in [1.82, 2.24) is 0 Å². The number of nitrogens with two attached hydrogens (primary N) is 1. The molecular formula is C10H22N. The minimum Gasteiger partial charge on any atom is -0.328 e. The van der Waals surface area contributed by atoms with E-state index in [1.165, 1.54) is 38.5 Å². The Balaban J connectivity index is 2.80. The molecule has 0 aromatic rings. The van der Waals surface area contributed by atoms with Crippen LogP contribution in [0.3, 0.4) is 0 Å². The van der Waals surface area contributed by atoms with E-state index in [-0.39, 0.29) is 6.04 Å². The van der Waals surface area contributed by atoms with Gasteiger partial charge in [-0.25, -0.2) is 0 Å². The van der Waals surface area contributed by atoms with Gasteiger partial charge in [-0.1, -0.05) is 45.4 Å². The van der Waals surface area contributed by atoms with Gasteiger partial charge in [-0.2, -0.15) is 0 Å². The van der Waals surface area contributed by atoms with Crippen molar-refractivity contribution in [3.05, 3.63) is 6.92 Å². The Bertz CT molecular complexity index is 69.3. The van der Waals surface area contributed by atoms with Gasteiger partial charge < -0.3 is 5.73 Å². The summed E-state index contributed by atoms with van der Waals surface area (Å²) in [5.41, 5.74) is 5.52. The van der Waals surface area contributed by atoms with Gasteiger partial charge in [-0.15, -0.1) is 0 Å². The maximum atomic E-state index is 5.52. The van der Waals surface area contributed by atoms with Crippen molar-refractivity contribution in [1.29, 1.82) is 0 Å². The summed E-state index contributed by atoms with van der Waals surface area (Å²) in [5, 5.41) is 0. The Labute approximate surface area is 71.4 Å². The molecule has 0 saturated carbocycles. The van der Waals surface area contributed by atoms with Crippen LogP contribution in [-0.4, -0.2) is 6.04 Å². The molecule has 0 aliphatic carbocycles. The fourth-order valence-electron chi connectivity index (χ4n) is 1.19. The summed E-state index contributed by atoms with van der Waals surface area (Å²) in [5.74, 6) is 0. The quantitative estimate of drug-likeness (QED) is 0.563. The standard InChI is InChI=1S/C10H22N/c1-3-4-5-6-7-8-9-10(2)11/h10H,2-9,11H2,1H3. The molecule has 1 nitrogen and oxygen atoms in total. The van der Waals surface area contributed by atoms with Crippen LogP contribution in [0.2, 0.25) is 0 Å². The van der Waals surface area contributed by atoms with Gasteiger partial charge in [-0.05, 0) is 13.3 Å². The molecule has 0 aliphatic rings. The highest BCUT2D eigenvalue weighted by atomic mass is 14.6. The Hall–Kier alpha value is -0.0400. The topological polar surface area (TPSA) is 26.0 Å². The maximum Gasteiger partial charge on any atom is 0.00394 e. The summed E-state index contributed by atoms with van der Waals surface area (Å²) in [4.78, 5) is 0. The van der Waals surface area contributed by atoms with E-state index in [1.807, 2.05) is 0 Å². The minimum atomic E-state index is 0.154. The monoisotopic (exact) mass is 156 g/mol. The molecule has 1 radical (unpaired) electrons. The van der Waals surface area contributed by atoms with Crippen LogP contribution in [0.1, 0.15) is 51.9 Å². The van der Waals surface area contributed by atoms with Crippen molar-refractivity contribution in [2.45, 2.75) is 57.9 Å². The van der Waals surface area contributed by atoms with E-state index >= 15 is 0 Å². The van der Waals surface area contributed by atoms with Crippen molar-refractivity contribution >= 4 is 0 Å². The molecule has 1 atom stereocenters. The largest absolute Gasteiger partial charge is 0.328 e. The molecule has 2 N–H and O–H groups in total. The Morgan fingerprint density at radius 1 is 1.09 bits per heavy atom. The fraction of sp³-hybridized carbons (Fsp3) is 0.900. The summed E-state index contributed by atoms with van der Waals surface area (Å²) in [6, 6.07) is 0.154. The van der Waals surface area contributed by atoms with Crippen LogP contribution in [-0.2, 0) is 0 Å². The SMILES string of the molecule is [CH2]C(N)CCCCCCCC. The van der Waals surface area contributed by atoms with Crippen LogP contribution < -0.4 is 5.73 Å². The average Bonchev–Trinajstić information content (AvgIpc) is 1.96. The van der Waals surface area contributed by atoms with Gasteiger partial charge in [-0.3, -0.25) is 0 Å². The molecule has 0 amide bonds. The lowest BCUT2D eigenvalue weighted by Crippen LogP contribution is -2.14. The molecule has 1 heteroatoms. The molecule has 0 aromatic carbocycles. The zero-order valence-electron chi connectivity index (χ0n) is 7.81. The summed E-state index contributed by atoms with van der Waals surface area (Å²) < 4.78 is 0. The van der Waals surface area contributed by atoms with Gasteiger partial charge in [0.2, 0.25) is 0 Å². The summed E-state index contributed by atoms with van der Waals surface area (Å²) in [7, 11) is 0. The van der Waals surface area contributed by atoms with Crippen LogP contribution in [0.25, 0.3) is 0 Å². The van der Waals surface area contributed by atoms with Crippen molar-refractivity contribution in [2.75, 3.05) is 0 Å². The second kappa shape index (κ2) is 8.06. The highest BCUT2D eigenvalue weighted by molar-refractivity contribution is 4.61. The number of hydrogen-bond donors (Lipinski definition) is 1. The molecule has 11 heavy (non-hydrogen) atoms. The van der Waals surface area contributed by atoms with Crippen molar-refractivity contribution in [3.63, 3.8) is 0 Å². The van der Waals surface area contributed by atoms with E-state index in [0.717, 1.165) is 6.42 Å². The average molecular weight is 156 g/mol. The third-order valence-electron chi connectivity index (χ3n) is 1.93. The summed E-state index contributed by atoms with van der Waals surface area (Å²) >= 11 is 0. The van der Waals surface area contributed by atoms with Gasteiger partial charge in [0, 0.05) is 6.04 Å². The van der Waals surface area contributed by atoms with Gasteiger partial charge in [0.05, 0.1) is 0 Å². The normalized spacial score (nSPS) is 13.4. The second-order valence-corrected chi connectivity index (χ2v) is 3.32. The molecule has 0 saturated heterocycles. The van der Waals surface area contributed by atoms with Gasteiger partial charge in [0.15, 0.2) is 0 Å². The van der Waals surface area contributed by atoms with Gasteiger partial charge >= 0.3 is 0 Å². The van der Waals surface area contributed by atoms with E-state index in [4.69, 9.17) is 5.73 Å². The molecule has 1 unspecified atom stereocenters. The maximum absolute atomic E-state index is 5.52. The molecule has 0 bridgehead atoms. The highest BCUT2D eigenvalue weighted by Crippen LogP contribution is 2.07. The zero-order chi connectivity index (χ0) is 8.53. The van der Waals surface area contributed by atoms with E-state index in [2.05, 4.69) is 13.8 Å². The third-order valence-corrected chi connectivity index (χ3v) is 1.93. The van der Waals surface area contributed by atoms with E-state index < -0.39 is 0 Å². The van der Waals surface area contributed by atoms with E-state index in [9.17, 15) is 0 Å². The molecule has 0 aliphatic heterocycles. The predicted octanol–water partition coefficient (Wildman–Crippen LogP) is 2.90. The molecular weight excluding hydrogens is 134 g/mol. The number of unbranched alkanes of at least 4 members (excludes halogenated alkanes) is 5. The van der Waals surface area contributed by atoms with Crippen LogP contribution in [0.15, 0.2) is 0 Å². The van der Waals surface area contributed by atoms with Crippen LogP contribution in [0.4, 0.5) is 0 Å². The van der Waals surface area contributed by atoms with Crippen LogP contribution in [0, 0.1) is 6.92 Å². The minimum absolute atomic E-state index is 0.154. The molecule has 0 aromatic heterocycles. The van der Waals surface area contributed by atoms with Gasteiger partial charge in [0.1, 0.15) is 0 Å². The second-order valence-electron chi connectivity index (χ2n) is 3.32. The van der Waals surface area contributed by atoms with Crippen LogP contribution >= 0.6 is 0 Å². The smallest absolute Gasteiger partial charge is 0.00394 e. The van der Waals surface area contributed by atoms with Gasteiger partial charge in [0.25, 0.3) is 0 Å². The molecule has 67 valence electrons. The highest BCUT2D eigenvalue weighted by Gasteiger charge is 1.93. The lowest BCUT2D eigenvalue weighted by Gasteiger charge is -2.03. The summed E-state index contributed by atoms with van der Waals surface area (Å²) in [6.45, 7) is 5.99. The third kappa shape index (κ3) is 9.96. The Kier molecular flexibility index (Phi) is 8.03. The molecule has 0 fully saturated rings. The Morgan fingerprint density at radius 2 is 1.64 bits per heavy atom. The number of rotatable bonds is 7. The fourth-order valence-corrected chi connectivity index (χ4v) is 1.19. The first-order valence-corrected chi connectivity index (χ1v) is 4.86. The number of hydrogen-bond acceptors (Lipinski definition) is 1. The molecule has 0 heterocycles.